The molecule has 0 spiro atoms. The van der Waals surface area contributed by atoms with Crippen LogP contribution in [0, 0.1) is 20.4 Å². The van der Waals surface area contributed by atoms with E-state index in [0.717, 1.165) is 16.7 Å². The molecule has 5 heteroatoms. The Kier molecular flexibility index (Phi) is 4.76. The van der Waals surface area contributed by atoms with E-state index in [4.69, 9.17) is 11.1 Å². The van der Waals surface area contributed by atoms with Gasteiger partial charge in [0.1, 0.15) is 5.65 Å². The highest BCUT2D eigenvalue weighted by Gasteiger charge is 2.26. The zero-order valence-corrected chi connectivity index (χ0v) is 17.8. The molecule has 0 aliphatic rings. The summed E-state index contributed by atoms with van der Waals surface area (Å²) >= 11 is 0. The molecule has 3 aromatic carbocycles. The number of H-pyrrole nitrogens is 1. The molecule has 0 fully saturated rings. The summed E-state index contributed by atoms with van der Waals surface area (Å²) in [6.07, 6.45) is 0.698. The Bertz CT molecular complexity index is 1550. The maximum atomic E-state index is 12.7. The van der Waals surface area contributed by atoms with Gasteiger partial charge < -0.3 is 4.52 Å². The first-order valence-corrected chi connectivity index (χ1v) is 10.4. The Morgan fingerprint density at radius 2 is 1.72 bits per heavy atom. The van der Waals surface area contributed by atoms with Crippen molar-refractivity contribution in [1.29, 1.82) is 0 Å². The van der Waals surface area contributed by atoms with E-state index in [1.54, 1.807) is 0 Å². The number of nitrogens with zero attached hydrogens (tertiary/aromatic N) is 2. The van der Waals surface area contributed by atoms with E-state index in [2.05, 4.69) is 48.1 Å². The van der Waals surface area contributed by atoms with Crippen LogP contribution in [0.2, 0.25) is 0 Å². The average Bonchev–Trinajstić information content (AvgIpc) is 3.33. The molecule has 0 aliphatic carbocycles. The zero-order valence-electron chi connectivity index (χ0n) is 17.8. The topological polar surface area (TPSA) is 54.8 Å². The lowest BCUT2D eigenvalue weighted by atomic mass is 9.94. The molecule has 0 amide bonds. The first-order valence-electron chi connectivity index (χ1n) is 10.4. The molecule has 0 saturated heterocycles. The van der Waals surface area contributed by atoms with Crippen LogP contribution in [0.25, 0.3) is 32.9 Å². The first-order chi connectivity index (χ1) is 15.6. The van der Waals surface area contributed by atoms with Crippen LogP contribution in [0.5, 0.6) is 0 Å². The Balaban J connectivity index is 1.78. The number of hydrogen-bond donors (Lipinski definition) is 1. The van der Waals surface area contributed by atoms with Crippen molar-refractivity contribution in [3.8, 4) is 22.4 Å². The van der Waals surface area contributed by atoms with Crippen molar-refractivity contribution in [3.05, 3.63) is 117 Å². The summed E-state index contributed by atoms with van der Waals surface area (Å²) in [4.78, 5) is 16.6. The smallest absolute Gasteiger partial charge is 0.322 e. The van der Waals surface area contributed by atoms with E-state index < -0.39 is 5.76 Å². The fourth-order valence-electron chi connectivity index (χ4n) is 4.37. The van der Waals surface area contributed by atoms with Gasteiger partial charge in [-0.25, -0.2) is 19.2 Å². The van der Waals surface area contributed by atoms with Gasteiger partial charge in [-0.15, -0.1) is 0 Å². The molecule has 2 heterocycles. The number of benzene rings is 3. The van der Waals surface area contributed by atoms with Gasteiger partial charge in [0.15, 0.2) is 0 Å². The fraction of sp³-hybridized carbons (Fsp3) is 0.111. The van der Waals surface area contributed by atoms with Gasteiger partial charge in [-0.2, -0.15) is 0 Å². The van der Waals surface area contributed by atoms with Gasteiger partial charge in [0.25, 0.3) is 0 Å². The Labute approximate surface area is 185 Å². The molecule has 2 aromatic heterocycles. The number of nitrogens with one attached hydrogen (secondary N) is 1. The molecule has 0 saturated carbocycles. The maximum absolute atomic E-state index is 12.7. The van der Waals surface area contributed by atoms with E-state index in [-0.39, 0.29) is 0 Å². The second kappa shape index (κ2) is 7.75. The summed E-state index contributed by atoms with van der Waals surface area (Å²) in [5.74, 6) is -0.539. The maximum Gasteiger partial charge on any atom is 0.443 e. The number of aromatic amines is 1. The van der Waals surface area contributed by atoms with Crippen LogP contribution in [0.3, 0.4) is 0 Å². The first kappa shape index (κ1) is 19.7. The molecule has 0 aliphatic heterocycles. The highest BCUT2D eigenvalue weighted by Crippen LogP contribution is 2.44. The average molecular weight is 419 g/mol. The third-order valence-electron chi connectivity index (χ3n) is 5.89. The lowest BCUT2D eigenvalue weighted by molar-refractivity contribution is 0.387. The minimum absolute atomic E-state index is 0.434. The van der Waals surface area contributed by atoms with Crippen molar-refractivity contribution in [2.24, 2.45) is 0 Å². The van der Waals surface area contributed by atoms with Crippen LogP contribution < -0.4 is 5.76 Å². The van der Waals surface area contributed by atoms with Crippen molar-refractivity contribution >= 4 is 11.3 Å². The fourth-order valence-corrected chi connectivity index (χ4v) is 4.37. The van der Waals surface area contributed by atoms with Crippen LogP contribution in [0.1, 0.15) is 22.3 Å². The van der Waals surface area contributed by atoms with Crippen molar-refractivity contribution in [3.63, 3.8) is 0 Å². The Morgan fingerprint density at radius 3 is 2.47 bits per heavy atom. The summed E-state index contributed by atoms with van der Waals surface area (Å²) in [5, 5.41) is 2.74. The quantitative estimate of drug-likeness (QED) is 0.347. The molecular formula is C27H21N3O2. The predicted molar refractivity (Wildman–Crippen MR) is 126 cm³/mol. The summed E-state index contributed by atoms with van der Waals surface area (Å²) < 4.78 is 6.63. The van der Waals surface area contributed by atoms with Crippen LogP contribution in [-0.2, 0) is 6.42 Å². The number of aromatic nitrogens is 2. The Morgan fingerprint density at radius 1 is 0.969 bits per heavy atom. The second-order valence-electron chi connectivity index (χ2n) is 7.97. The molecular weight excluding hydrogens is 398 g/mol. The van der Waals surface area contributed by atoms with Crippen LogP contribution >= 0.6 is 0 Å². The molecule has 5 rings (SSSR count). The SMILES string of the molecule is [C-]#[N+]c1c(-c2ccccc2)c2[nH]oc(=O)n2c1-c1ccccc1Cc1ccc(C)cc1C. The number of rotatable bonds is 4. The van der Waals surface area contributed by atoms with E-state index >= 15 is 0 Å². The predicted octanol–water partition coefficient (Wildman–Crippen LogP) is 6.31. The van der Waals surface area contributed by atoms with Crippen LogP contribution in [-0.4, -0.2) is 9.56 Å². The van der Waals surface area contributed by atoms with E-state index in [1.807, 2.05) is 48.5 Å². The normalized spacial score (nSPS) is 11.0. The van der Waals surface area contributed by atoms with E-state index in [0.29, 0.717) is 29.0 Å². The Hall–Kier alpha value is -4.30. The lowest BCUT2D eigenvalue weighted by Crippen LogP contribution is -2.06. The van der Waals surface area contributed by atoms with Gasteiger partial charge in [-0.1, -0.05) is 78.4 Å². The minimum atomic E-state index is -0.539. The van der Waals surface area contributed by atoms with Crippen molar-refractivity contribution in [1.82, 2.24) is 9.56 Å². The second-order valence-corrected chi connectivity index (χ2v) is 7.97. The molecule has 0 radical (unpaired) electrons. The number of hydrogen-bond acceptors (Lipinski definition) is 2. The summed E-state index contributed by atoms with van der Waals surface area (Å²) in [5.41, 5.74) is 8.55. The molecule has 1 N–H and O–H groups in total. The number of fused-ring (bicyclic) bond motifs is 1. The van der Waals surface area contributed by atoms with Crippen LogP contribution in [0.15, 0.2) is 82.1 Å². The molecule has 0 atom stereocenters. The van der Waals surface area contributed by atoms with Gasteiger partial charge in [0.2, 0.25) is 5.69 Å². The van der Waals surface area contributed by atoms with E-state index in [1.165, 1.54) is 21.1 Å². The molecule has 156 valence electrons. The molecule has 5 aromatic rings. The molecule has 0 unspecified atom stereocenters. The summed E-state index contributed by atoms with van der Waals surface area (Å²) in [6, 6.07) is 24.0. The third-order valence-corrected chi connectivity index (χ3v) is 5.89. The largest absolute Gasteiger partial charge is 0.443 e. The zero-order chi connectivity index (χ0) is 22.2. The number of aryl methyl sites for hydroxylation is 2. The summed E-state index contributed by atoms with van der Waals surface area (Å²) in [7, 11) is 0. The van der Waals surface area contributed by atoms with Gasteiger partial charge in [-0.05, 0) is 48.1 Å². The highest BCUT2D eigenvalue weighted by molar-refractivity contribution is 5.99. The van der Waals surface area contributed by atoms with Gasteiger partial charge >= 0.3 is 5.76 Å². The van der Waals surface area contributed by atoms with Crippen molar-refractivity contribution in [2.75, 3.05) is 0 Å². The highest BCUT2D eigenvalue weighted by atomic mass is 16.5. The van der Waals surface area contributed by atoms with Crippen molar-refractivity contribution in [2.45, 2.75) is 20.3 Å². The van der Waals surface area contributed by atoms with Gasteiger partial charge in [0, 0.05) is 5.56 Å². The van der Waals surface area contributed by atoms with Crippen LogP contribution in [0.4, 0.5) is 5.69 Å². The molecule has 32 heavy (non-hydrogen) atoms. The molecule has 0 bridgehead atoms. The molecule has 5 nitrogen and oxygen atoms in total. The third kappa shape index (κ3) is 3.14. The van der Waals surface area contributed by atoms with Crippen molar-refractivity contribution < 1.29 is 4.52 Å². The monoisotopic (exact) mass is 419 g/mol. The standard InChI is InChI=1S/C27H21N3O2/c1-17-13-14-20(18(2)15-17)16-21-11-7-8-12-22(21)25-24(28-3)23(19-9-5-4-6-10-19)26-29-32-27(31)30(25)26/h4-15,29H,16H2,1-2H3. The van der Waals surface area contributed by atoms with Gasteiger partial charge in [-0.3, -0.25) is 0 Å². The van der Waals surface area contributed by atoms with E-state index in [9.17, 15) is 4.79 Å². The minimum Gasteiger partial charge on any atom is -0.322 e. The van der Waals surface area contributed by atoms with Gasteiger partial charge in [0.05, 0.1) is 12.3 Å². The lowest BCUT2D eigenvalue weighted by Gasteiger charge is -2.12. The summed E-state index contributed by atoms with van der Waals surface area (Å²) in [6.45, 7) is 12.2.